The Kier molecular flexibility index (Phi) is 9.31. The number of aryl methyl sites for hydroxylation is 1. The third kappa shape index (κ3) is 6.98. The van der Waals surface area contributed by atoms with Crippen molar-refractivity contribution in [3.05, 3.63) is 124 Å². The summed E-state index contributed by atoms with van der Waals surface area (Å²) < 4.78 is 48.9. The van der Waals surface area contributed by atoms with E-state index in [2.05, 4.69) is 25.1 Å². The fraction of sp³-hybridized carbons (Fsp3) is 0.0938. The summed E-state index contributed by atoms with van der Waals surface area (Å²) in [6, 6.07) is 28.6. The van der Waals surface area contributed by atoms with E-state index in [4.69, 9.17) is 13.9 Å². The number of ether oxygens (including phenoxy) is 2. The average Bonchev–Trinajstić information content (AvgIpc) is 3.00. The highest BCUT2D eigenvalue weighted by Crippen LogP contribution is 2.41. The molecule has 0 unspecified atom stereocenters. The minimum atomic E-state index is -4.77. The van der Waals surface area contributed by atoms with Crippen LogP contribution in [0.5, 0.6) is 11.5 Å². The standard InChI is InChI=1S/C26H23O3.C6H5NO5S/c1-18-9-15-23-22(17-18)26(28-3)25(20-7-5-4-6-8-20)24(29-23)16-12-19-10-13-21(27-2)14-11-19;8-7(9)5-3-1-2-4-6(5)13(10,11)12/h4-17H,1-3H3;1-4H,(H,10,11,12)/q+1;/p-1. The van der Waals surface area contributed by atoms with E-state index in [0.29, 0.717) is 0 Å². The van der Waals surface area contributed by atoms with Gasteiger partial charge >= 0.3 is 11.3 Å². The molecular formula is C32H27NO8S. The quantitative estimate of drug-likeness (QED) is 0.0837. The molecule has 4 aromatic carbocycles. The number of nitro groups is 1. The number of hydrogen-bond acceptors (Lipinski definition) is 7. The van der Waals surface area contributed by atoms with Crippen molar-refractivity contribution in [3.8, 4) is 22.6 Å². The van der Waals surface area contributed by atoms with Crippen molar-refractivity contribution >= 4 is 38.9 Å². The number of benzene rings is 4. The fourth-order valence-electron chi connectivity index (χ4n) is 4.24. The van der Waals surface area contributed by atoms with Gasteiger partial charge in [0, 0.05) is 18.2 Å². The molecule has 9 nitrogen and oxygen atoms in total. The first kappa shape index (κ1) is 29.9. The van der Waals surface area contributed by atoms with Crippen molar-refractivity contribution < 1.29 is 31.8 Å². The first-order chi connectivity index (χ1) is 20.1. The van der Waals surface area contributed by atoms with Gasteiger partial charge in [0.05, 0.1) is 19.1 Å². The highest BCUT2D eigenvalue weighted by Gasteiger charge is 2.26. The molecule has 0 aliphatic carbocycles. The van der Waals surface area contributed by atoms with Crippen LogP contribution in [-0.2, 0) is 10.1 Å². The van der Waals surface area contributed by atoms with Crippen LogP contribution in [0.2, 0.25) is 0 Å². The molecule has 0 saturated carbocycles. The van der Waals surface area contributed by atoms with Gasteiger partial charge in [0.15, 0.2) is 5.75 Å². The molecule has 0 N–H and O–H groups in total. The van der Waals surface area contributed by atoms with Crippen LogP contribution in [0.1, 0.15) is 16.9 Å². The maximum absolute atomic E-state index is 10.5. The molecule has 0 aliphatic heterocycles. The van der Waals surface area contributed by atoms with Gasteiger partial charge in [0.1, 0.15) is 31.7 Å². The zero-order valence-corrected chi connectivity index (χ0v) is 23.8. The molecule has 0 bridgehead atoms. The molecular weight excluding hydrogens is 558 g/mol. The zero-order valence-electron chi connectivity index (χ0n) is 23.0. The van der Waals surface area contributed by atoms with Crippen molar-refractivity contribution in [2.75, 3.05) is 14.2 Å². The Morgan fingerprint density at radius 3 is 2.10 bits per heavy atom. The smallest absolute Gasteiger partial charge is 0.365 e. The molecule has 5 aromatic rings. The Labute approximate surface area is 243 Å². The van der Waals surface area contributed by atoms with E-state index in [1.165, 1.54) is 12.1 Å². The monoisotopic (exact) mass is 585 g/mol. The molecule has 10 heteroatoms. The predicted molar refractivity (Wildman–Crippen MR) is 160 cm³/mol. The minimum Gasteiger partial charge on any atom is -0.744 e. The second kappa shape index (κ2) is 13.1. The summed E-state index contributed by atoms with van der Waals surface area (Å²) in [5, 5.41) is 11.2. The molecule has 0 radical (unpaired) electrons. The molecule has 5 rings (SSSR count). The third-order valence-electron chi connectivity index (χ3n) is 6.21. The Bertz CT molecular complexity index is 1850. The van der Waals surface area contributed by atoms with Crippen molar-refractivity contribution in [2.24, 2.45) is 0 Å². The molecule has 1 heterocycles. The second-order valence-electron chi connectivity index (χ2n) is 9.03. The summed E-state index contributed by atoms with van der Waals surface area (Å²) >= 11 is 0. The number of methoxy groups -OCH3 is 2. The summed E-state index contributed by atoms with van der Waals surface area (Å²) in [6.07, 6.45) is 4.02. The second-order valence-corrected chi connectivity index (χ2v) is 10.4. The number of nitrogens with zero attached hydrogens (tertiary/aromatic N) is 1. The highest BCUT2D eigenvalue weighted by atomic mass is 32.2. The first-order valence-electron chi connectivity index (χ1n) is 12.6. The lowest BCUT2D eigenvalue weighted by Gasteiger charge is -2.09. The maximum atomic E-state index is 10.5. The van der Waals surface area contributed by atoms with Gasteiger partial charge in [-0.25, -0.2) is 12.8 Å². The van der Waals surface area contributed by atoms with Gasteiger partial charge in [-0.2, -0.15) is 0 Å². The molecule has 0 spiro atoms. The Morgan fingerprint density at radius 2 is 1.50 bits per heavy atom. The van der Waals surface area contributed by atoms with Crippen LogP contribution in [0.25, 0.3) is 34.2 Å². The third-order valence-corrected chi connectivity index (χ3v) is 7.10. The lowest BCUT2D eigenvalue weighted by molar-refractivity contribution is -0.387. The number of hydrogen-bond donors (Lipinski definition) is 0. The van der Waals surface area contributed by atoms with E-state index >= 15 is 0 Å². The van der Waals surface area contributed by atoms with Crippen LogP contribution in [0.3, 0.4) is 0 Å². The van der Waals surface area contributed by atoms with E-state index in [-0.39, 0.29) is 0 Å². The molecule has 214 valence electrons. The number of fused-ring (bicyclic) bond motifs is 1. The molecule has 0 aliphatic rings. The number of rotatable bonds is 7. The van der Waals surface area contributed by atoms with Gasteiger partial charge in [-0.3, -0.25) is 10.1 Å². The van der Waals surface area contributed by atoms with Crippen molar-refractivity contribution in [3.63, 3.8) is 0 Å². The molecule has 0 saturated heterocycles. The van der Waals surface area contributed by atoms with E-state index in [1.54, 1.807) is 14.2 Å². The normalized spacial score (nSPS) is 11.1. The predicted octanol–water partition coefficient (Wildman–Crippen LogP) is 7.38. The maximum Gasteiger partial charge on any atom is 0.365 e. The first-order valence-corrected chi connectivity index (χ1v) is 14.0. The van der Waals surface area contributed by atoms with Crippen LogP contribution < -0.4 is 9.47 Å². The van der Waals surface area contributed by atoms with Crippen LogP contribution in [0, 0.1) is 17.0 Å². The van der Waals surface area contributed by atoms with Crippen LogP contribution in [0.15, 0.2) is 106 Å². The number of nitro benzene ring substituents is 1. The summed E-state index contributed by atoms with van der Waals surface area (Å²) in [5.41, 5.74) is 4.30. The van der Waals surface area contributed by atoms with Crippen LogP contribution >= 0.6 is 0 Å². The molecule has 1 aromatic heterocycles. The summed E-state index contributed by atoms with van der Waals surface area (Å²) in [4.78, 5) is 8.55. The molecule has 0 atom stereocenters. The Hall–Kier alpha value is -5.06. The van der Waals surface area contributed by atoms with Gasteiger partial charge in [0.25, 0.3) is 5.69 Å². The van der Waals surface area contributed by atoms with Crippen molar-refractivity contribution in [1.29, 1.82) is 0 Å². The van der Waals surface area contributed by atoms with Gasteiger partial charge in [-0.05, 0) is 60.0 Å². The largest absolute Gasteiger partial charge is 0.744 e. The van der Waals surface area contributed by atoms with Crippen molar-refractivity contribution in [1.82, 2.24) is 0 Å². The lowest BCUT2D eigenvalue weighted by Crippen LogP contribution is -2.02. The zero-order chi connectivity index (χ0) is 30.3. The van der Waals surface area contributed by atoms with Gasteiger partial charge < -0.3 is 14.0 Å². The van der Waals surface area contributed by atoms with E-state index in [0.717, 1.165) is 62.6 Å². The van der Waals surface area contributed by atoms with Crippen molar-refractivity contribution in [2.45, 2.75) is 11.8 Å². The van der Waals surface area contributed by atoms with Crippen LogP contribution in [-0.4, -0.2) is 32.1 Å². The lowest BCUT2D eigenvalue weighted by atomic mass is 10.00. The molecule has 0 amide bonds. The van der Waals surface area contributed by atoms with Gasteiger partial charge in [0.2, 0.25) is 0 Å². The highest BCUT2D eigenvalue weighted by molar-refractivity contribution is 7.85. The van der Waals surface area contributed by atoms with E-state index in [1.807, 2.05) is 66.7 Å². The summed E-state index contributed by atoms with van der Waals surface area (Å²) in [7, 11) is -1.40. The topological polar surface area (TPSA) is 130 Å². The SMILES string of the molecule is COc1ccc(C=Cc2[o+]c3ccc(C)cc3c(OC)c2-c2ccccc2)cc1.O=[N+]([O-])c1ccccc1S(=O)(=O)[O-]. The number of para-hydroxylation sites is 1. The molecule has 42 heavy (non-hydrogen) atoms. The summed E-state index contributed by atoms with van der Waals surface area (Å²) in [5.74, 6) is 2.40. The minimum absolute atomic E-state index is 0.697. The Morgan fingerprint density at radius 1 is 0.833 bits per heavy atom. The summed E-state index contributed by atoms with van der Waals surface area (Å²) in [6.45, 7) is 2.07. The Balaban J connectivity index is 0.000000262. The van der Waals surface area contributed by atoms with Gasteiger partial charge in [-0.1, -0.05) is 54.6 Å². The van der Waals surface area contributed by atoms with Crippen LogP contribution in [0.4, 0.5) is 5.69 Å². The molecule has 0 fully saturated rings. The van der Waals surface area contributed by atoms with Gasteiger partial charge in [-0.15, -0.1) is 0 Å². The average molecular weight is 586 g/mol. The fourth-order valence-corrected chi connectivity index (χ4v) is 4.88. The van der Waals surface area contributed by atoms with E-state index < -0.39 is 25.6 Å². The van der Waals surface area contributed by atoms with E-state index in [9.17, 15) is 23.1 Å².